The lowest BCUT2D eigenvalue weighted by Crippen LogP contribution is -2.55. The summed E-state index contributed by atoms with van der Waals surface area (Å²) in [6.45, 7) is 7.45. The van der Waals surface area contributed by atoms with Crippen molar-refractivity contribution in [2.24, 2.45) is 0 Å². The number of aryl methyl sites for hydroxylation is 1. The van der Waals surface area contributed by atoms with E-state index in [1.165, 1.54) is 5.01 Å². The van der Waals surface area contributed by atoms with E-state index in [1.807, 2.05) is 33.8 Å². The minimum atomic E-state index is -0.620. The van der Waals surface area contributed by atoms with E-state index in [-0.39, 0.29) is 11.8 Å². The van der Waals surface area contributed by atoms with Crippen molar-refractivity contribution in [1.82, 2.24) is 10.4 Å². The van der Waals surface area contributed by atoms with Crippen LogP contribution in [0.2, 0.25) is 5.02 Å². The van der Waals surface area contributed by atoms with Gasteiger partial charge in [0, 0.05) is 15.1 Å². The molecule has 0 spiro atoms. The van der Waals surface area contributed by atoms with Crippen LogP contribution in [0.1, 0.15) is 47.1 Å². The van der Waals surface area contributed by atoms with Crippen molar-refractivity contribution in [1.29, 1.82) is 0 Å². The Morgan fingerprint density at radius 1 is 1.12 bits per heavy atom. The van der Waals surface area contributed by atoms with Crippen LogP contribution in [0.4, 0.5) is 0 Å². The number of halogens is 2. The molecule has 2 rings (SSSR count). The van der Waals surface area contributed by atoms with Gasteiger partial charge in [-0.05, 0) is 73.5 Å². The van der Waals surface area contributed by atoms with Gasteiger partial charge in [-0.2, -0.15) is 0 Å². The molecular formula is C19H20BrClN2O2. The van der Waals surface area contributed by atoms with E-state index < -0.39 is 5.54 Å². The van der Waals surface area contributed by atoms with Gasteiger partial charge in [0.15, 0.2) is 0 Å². The normalized spacial score (nSPS) is 11.1. The van der Waals surface area contributed by atoms with Crippen LogP contribution < -0.4 is 5.43 Å². The van der Waals surface area contributed by atoms with Crippen molar-refractivity contribution in [2.45, 2.75) is 33.2 Å². The quantitative estimate of drug-likeness (QED) is 0.691. The third-order valence-electron chi connectivity index (χ3n) is 3.60. The van der Waals surface area contributed by atoms with Gasteiger partial charge in [0.1, 0.15) is 0 Å². The number of hydrazine groups is 1. The Morgan fingerprint density at radius 3 is 2.36 bits per heavy atom. The van der Waals surface area contributed by atoms with Crippen molar-refractivity contribution < 1.29 is 9.59 Å². The highest BCUT2D eigenvalue weighted by Gasteiger charge is 2.30. The highest BCUT2D eigenvalue weighted by molar-refractivity contribution is 9.10. The lowest BCUT2D eigenvalue weighted by Gasteiger charge is -2.35. The van der Waals surface area contributed by atoms with Gasteiger partial charge in [0.2, 0.25) is 0 Å². The second kappa shape index (κ2) is 7.58. The lowest BCUT2D eigenvalue weighted by atomic mass is 10.1. The molecule has 0 saturated heterocycles. The first kappa shape index (κ1) is 19.5. The minimum absolute atomic E-state index is 0.327. The van der Waals surface area contributed by atoms with E-state index in [4.69, 9.17) is 11.6 Å². The molecule has 25 heavy (non-hydrogen) atoms. The molecule has 0 unspecified atom stereocenters. The van der Waals surface area contributed by atoms with E-state index in [9.17, 15) is 9.59 Å². The smallest absolute Gasteiger partial charge is 0.267 e. The highest BCUT2D eigenvalue weighted by Crippen LogP contribution is 2.22. The van der Waals surface area contributed by atoms with Crippen LogP contribution in [0, 0.1) is 6.92 Å². The summed E-state index contributed by atoms with van der Waals surface area (Å²) in [7, 11) is 0. The third-order valence-corrected chi connectivity index (χ3v) is 4.88. The van der Waals surface area contributed by atoms with Gasteiger partial charge in [-0.15, -0.1) is 0 Å². The first-order valence-electron chi connectivity index (χ1n) is 7.77. The summed E-state index contributed by atoms with van der Waals surface area (Å²) in [5, 5.41) is 1.79. The molecule has 4 nitrogen and oxygen atoms in total. The molecule has 2 aromatic carbocycles. The zero-order valence-corrected chi connectivity index (χ0v) is 16.9. The van der Waals surface area contributed by atoms with E-state index >= 15 is 0 Å². The molecule has 132 valence electrons. The van der Waals surface area contributed by atoms with Crippen molar-refractivity contribution in [3.8, 4) is 0 Å². The first-order valence-corrected chi connectivity index (χ1v) is 8.94. The third kappa shape index (κ3) is 4.61. The van der Waals surface area contributed by atoms with Crippen molar-refractivity contribution >= 4 is 39.3 Å². The standard InChI is InChI=1S/C19H20BrClN2O2/c1-12-7-5-10-15(16(12)20)17(24)22-23(19(2,3)4)18(25)13-8-6-9-14(21)11-13/h5-11H,1-4H3,(H,22,24). The number of hydrogen-bond donors (Lipinski definition) is 1. The van der Waals surface area contributed by atoms with Crippen LogP contribution in [0.3, 0.4) is 0 Å². The Kier molecular flexibility index (Phi) is 5.91. The number of rotatable bonds is 2. The molecule has 1 N–H and O–H groups in total. The molecular weight excluding hydrogens is 404 g/mol. The number of nitrogens with one attached hydrogen (secondary N) is 1. The first-order chi connectivity index (χ1) is 11.6. The average Bonchev–Trinajstić information content (AvgIpc) is 2.53. The summed E-state index contributed by atoms with van der Waals surface area (Å²) in [6.07, 6.45) is 0. The molecule has 6 heteroatoms. The van der Waals surface area contributed by atoms with Gasteiger partial charge < -0.3 is 0 Å². The molecule has 0 fully saturated rings. The zero-order valence-electron chi connectivity index (χ0n) is 14.6. The van der Waals surface area contributed by atoms with Crippen LogP contribution in [0.25, 0.3) is 0 Å². The second-order valence-corrected chi connectivity index (χ2v) is 7.93. The molecule has 0 radical (unpaired) electrons. The van der Waals surface area contributed by atoms with Crippen LogP contribution >= 0.6 is 27.5 Å². The molecule has 0 aliphatic rings. The topological polar surface area (TPSA) is 49.4 Å². The van der Waals surface area contributed by atoms with Crippen molar-refractivity contribution in [2.75, 3.05) is 0 Å². The minimum Gasteiger partial charge on any atom is -0.267 e. The van der Waals surface area contributed by atoms with Gasteiger partial charge in [-0.1, -0.05) is 29.8 Å². The summed E-state index contributed by atoms with van der Waals surface area (Å²) >= 11 is 9.41. The fraction of sp³-hybridized carbons (Fsp3) is 0.263. The monoisotopic (exact) mass is 422 g/mol. The second-order valence-electron chi connectivity index (χ2n) is 6.70. The van der Waals surface area contributed by atoms with E-state index in [2.05, 4.69) is 21.4 Å². The predicted molar refractivity (Wildman–Crippen MR) is 104 cm³/mol. The SMILES string of the molecule is Cc1cccc(C(=O)NN(C(=O)c2cccc(Cl)c2)C(C)(C)C)c1Br. The molecule has 0 atom stereocenters. The maximum atomic E-state index is 12.9. The summed E-state index contributed by atoms with van der Waals surface area (Å²) in [5.74, 6) is -0.687. The molecule has 0 aliphatic carbocycles. The Labute approximate surface area is 161 Å². The van der Waals surface area contributed by atoms with Crippen LogP contribution in [0.5, 0.6) is 0 Å². The summed E-state index contributed by atoms with van der Waals surface area (Å²) in [4.78, 5) is 25.6. The highest BCUT2D eigenvalue weighted by atomic mass is 79.9. The van der Waals surface area contributed by atoms with E-state index in [0.717, 1.165) is 5.56 Å². The number of carbonyl (C=O) groups excluding carboxylic acids is 2. The maximum Gasteiger partial charge on any atom is 0.272 e. The number of nitrogens with zero attached hydrogens (tertiary/aromatic N) is 1. The lowest BCUT2D eigenvalue weighted by molar-refractivity contribution is 0.0358. The van der Waals surface area contributed by atoms with Crippen LogP contribution in [-0.2, 0) is 0 Å². The Hall–Kier alpha value is -1.85. The summed E-state index contributed by atoms with van der Waals surface area (Å²) in [6, 6.07) is 12.1. The summed E-state index contributed by atoms with van der Waals surface area (Å²) < 4.78 is 0.705. The largest absolute Gasteiger partial charge is 0.272 e. The number of hydrogen-bond acceptors (Lipinski definition) is 2. The Balaban J connectivity index is 2.34. The fourth-order valence-electron chi connectivity index (χ4n) is 2.26. The average molecular weight is 424 g/mol. The molecule has 2 amide bonds. The van der Waals surface area contributed by atoms with Gasteiger partial charge in [-0.3, -0.25) is 15.0 Å². The van der Waals surface area contributed by atoms with Gasteiger partial charge >= 0.3 is 0 Å². The van der Waals surface area contributed by atoms with E-state index in [1.54, 1.807) is 36.4 Å². The fourth-order valence-corrected chi connectivity index (χ4v) is 2.89. The van der Waals surface area contributed by atoms with Crippen molar-refractivity contribution in [3.05, 3.63) is 68.7 Å². The number of amides is 2. The summed E-state index contributed by atoms with van der Waals surface area (Å²) in [5.41, 5.74) is 3.93. The Bertz CT molecular complexity index is 815. The number of benzene rings is 2. The molecule has 0 aromatic heterocycles. The number of carbonyl (C=O) groups is 2. The molecule has 0 bridgehead atoms. The molecule has 0 heterocycles. The maximum absolute atomic E-state index is 12.9. The Morgan fingerprint density at radius 2 is 1.76 bits per heavy atom. The molecule has 2 aromatic rings. The van der Waals surface area contributed by atoms with Crippen molar-refractivity contribution in [3.63, 3.8) is 0 Å². The van der Waals surface area contributed by atoms with Gasteiger partial charge in [-0.25, -0.2) is 5.01 Å². The van der Waals surface area contributed by atoms with Gasteiger partial charge in [0.05, 0.1) is 11.1 Å². The van der Waals surface area contributed by atoms with Crippen LogP contribution in [0.15, 0.2) is 46.9 Å². The van der Waals surface area contributed by atoms with Crippen LogP contribution in [-0.4, -0.2) is 22.4 Å². The van der Waals surface area contributed by atoms with Gasteiger partial charge in [0.25, 0.3) is 11.8 Å². The zero-order chi connectivity index (χ0) is 18.8. The van der Waals surface area contributed by atoms with E-state index in [0.29, 0.717) is 20.6 Å². The predicted octanol–water partition coefficient (Wildman–Crippen LogP) is 5.00. The molecule has 0 saturated carbocycles. The molecule has 0 aliphatic heterocycles.